The first-order valence-corrected chi connectivity index (χ1v) is 7.21. The summed E-state index contributed by atoms with van der Waals surface area (Å²) in [6.07, 6.45) is 0.738. The van der Waals surface area contributed by atoms with Crippen molar-refractivity contribution in [2.75, 3.05) is 11.9 Å². The van der Waals surface area contributed by atoms with Crippen molar-refractivity contribution in [2.45, 2.75) is 32.5 Å². The Morgan fingerprint density at radius 1 is 1.14 bits per heavy atom. The zero-order chi connectivity index (χ0) is 15.4. The maximum absolute atomic E-state index is 9.34. The van der Waals surface area contributed by atoms with Crippen LogP contribution in [0.1, 0.15) is 38.2 Å². The van der Waals surface area contributed by atoms with E-state index < -0.39 is 6.29 Å². The molecule has 3 rings (SSSR count). The number of allylic oxidation sites excluding steroid dienone is 2. The van der Waals surface area contributed by atoms with E-state index in [1.165, 1.54) is 22.3 Å². The summed E-state index contributed by atoms with van der Waals surface area (Å²) in [7, 11) is 2.10. The van der Waals surface area contributed by atoms with Gasteiger partial charge >= 0.3 is 0 Å². The van der Waals surface area contributed by atoms with Gasteiger partial charge in [-0.25, -0.2) is 0 Å². The zero-order valence-corrected chi connectivity index (χ0v) is 12.9. The summed E-state index contributed by atoms with van der Waals surface area (Å²) in [5.74, 6) is 0. The first-order chi connectivity index (χ1) is 9.87. The Morgan fingerprint density at radius 3 is 2.48 bits per heavy atom. The number of aliphatic hydroxyl groups excluding tert-OH is 1. The number of aliphatic hydroxyl groups is 2. The van der Waals surface area contributed by atoms with Crippen LogP contribution in [0, 0.1) is 0 Å². The van der Waals surface area contributed by atoms with Gasteiger partial charge in [0.2, 0.25) is 0 Å². The molecule has 0 unspecified atom stereocenters. The fraction of sp³-hybridized carbons (Fsp3) is 0.333. The Bertz CT molecular complexity index is 744. The van der Waals surface area contributed by atoms with Crippen LogP contribution in [-0.4, -0.2) is 17.3 Å². The van der Waals surface area contributed by atoms with E-state index >= 15 is 0 Å². The second kappa shape index (κ2) is 4.58. The molecule has 110 valence electrons. The van der Waals surface area contributed by atoms with Gasteiger partial charge < -0.3 is 15.1 Å². The van der Waals surface area contributed by atoms with Gasteiger partial charge in [0.05, 0.1) is 0 Å². The van der Waals surface area contributed by atoms with Gasteiger partial charge in [-0.15, -0.1) is 0 Å². The number of hydrogen-bond acceptors (Lipinski definition) is 3. The normalized spacial score (nSPS) is 18.8. The average molecular weight is 283 g/mol. The summed E-state index contributed by atoms with van der Waals surface area (Å²) >= 11 is 0. The molecule has 0 atom stereocenters. The third-order valence-electron chi connectivity index (χ3n) is 4.58. The number of rotatable bonds is 1. The Morgan fingerprint density at radius 2 is 1.86 bits per heavy atom. The molecule has 0 fully saturated rings. The Balaban J connectivity index is 2.33. The molecule has 2 N–H and O–H groups in total. The van der Waals surface area contributed by atoms with Crippen LogP contribution >= 0.6 is 0 Å². The first kappa shape index (κ1) is 14.1. The number of hydrogen-bond donors (Lipinski definition) is 2. The molecule has 0 spiro atoms. The topological polar surface area (TPSA) is 43.7 Å². The fourth-order valence-electron chi connectivity index (χ4n) is 3.67. The highest BCUT2D eigenvalue weighted by Gasteiger charge is 2.39. The van der Waals surface area contributed by atoms with Crippen LogP contribution in [-0.2, 0) is 5.41 Å². The summed E-state index contributed by atoms with van der Waals surface area (Å²) in [6, 6.07) is 9.80. The van der Waals surface area contributed by atoms with Crippen molar-refractivity contribution >= 4 is 16.5 Å². The predicted molar refractivity (Wildman–Crippen MR) is 86.3 cm³/mol. The predicted octanol–water partition coefficient (Wildman–Crippen LogP) is 3.45. The molecule has 0 saturated heterocycles. The lowest BCUT2D eigenvalue weighted by Crippen LogP contribution is -2.22. The lowest BCUT2D eigenvalue weighted by molar-refractivity contribution is -0.0423. The zero-order valence-electron chi connectivity index (χ0n) is 12.9. The van der Waals surface area contributed by atoms with E-state index in [9.17, 15) is 10.2 Å². The monoisotopic (exact) mass is 283 g/mol. The first-order valence-electron chi connectivity index (χ1n) is 7.21. The molecular formula is C18H21NO2. The van der Waals surface area contributed by atoms with E-state index in [-0.39, 0.29) is 5.41 Å². The molecule has 0 aliphatic carbocycles. The van der Waals surface area contributed by atoms with Crippen LogP contribution in [0.15, 0.2) is 42.1 Å². The van der Waals surface area contributed by atoms with E-state index in [0.717, 1.165) is 5.39 Å². The lowest BCUT2D eigenvalue weighted by atomic mass is 9.81. The van der Waals surface area contributed by atoms with Crippen LogP contribution in [0.2, 0.25) is 0 Å². The number of fused-ring (bicyclic) bond motifs is 3. The Hall–Kier alpha value is -1.84. The minimum Gasteiger partial charge on any atom is -0.364 e. The van der Waals surface area contributed by atoms with Crippen molar-refractivity contribution in [3.63, 3.8) is 0 Å². The van der Waals surface area contributed by atoms with Gasteiger partial charge in [0.1, 0.15) is 0 Å². The van der Waals surface area contributed by atoms with E-state index in [0.29, 0.717) is 5.56 Å². The van der Waals surface area contributed by atoms with Gasteiger partial charge in [-0.05, 0) is 35.4 Å². The van der Waals surface area contributed by atoms with E-state index in [4.69, 9.17) is 0 Å². The third-order valence-corrected chi connectivity index (χ3v) is 4.58. The average Bonchev–Trinajstić information content (AvgIpc) is 2.64. The quantitative estimate of drug-likeness (QED) is 0.788. The number of nitrogens with zero attached hydrogens (tertiary/aromatic N) is 1. The Kier molecular flexibility index (Phi) is 3.08. The standard InChI is InChI=1S/C18H21NO2/c1-5-15-18(2,3)16-13-8-6-12(17(20)21)10-11(13)7-9-14(16)19(15)4/h5-10,17,20-21H,1-4H3. The molecule has 1 heterocycles. The summed E-state index contributed by atoms with van der Waals surface area (Å²) in [6.45, 7) is 6.54. The molecular weight excluding hydrogens is 262 g/mol. The van der Waals surface area contributed by atoms with Gasteiger partial charge in [0, 0.05) is 29.4 Å². The van der Waals surface area contributed by atoms with Crippen LogP contribution in [0.25, 0.3) is 10.8 Å². The van der Waals surface area contributed by atoms with Crippen LogP contribution in [0.5, 0.6) is 0 Å². The van der Waals surface area contributed by atoms with Crippen LogP contribution in [0.4, 0.5) is 5.69 Å². The van der Waals surface area contributed by atoms with Gasteiger partial charge in [-0.3, -0.25) is 0 Å². The molecule has 21 heavy (non-hydrogen) atoms. The van der Waals surface area contributed by atoms with Crippen molar-refractivity contribution < 1.29 is 10.2 Å². The number of benzene rings is 2. The highest BCUT2D eigenvalue weighted by Crippen LogP contribution is 2.49. The van der Waals surface area contributed by atoms with Crippen molar-refractivity contribution in [3.8, 4) is 0 Å². The maximum Gasteiger partial charge on any atom is 0.178 e. The molecule has 0 bridgehead atoms. The third kappa shape index (κ3) is 1.88. The maximum atomic E-state index is 9.34. The molecule has 2 aromatic carbocycles. The minimum absolute atomic E-state index is 0.0578. The molecule has 2 aromatic rings. The summed E-state index contributed by atoms with van der Waals surface area (Å²) < 4.78 is 0. The molecule has 3 nitrogen and oxygen atoms in total. The van der Waals surface area contributed by atoms with Crippen LogP contribution in [0.3, 0.4) is 0 Å². The Labute approximate surface area is 125 Å². The summed E-state index contributed by atoms with van der Waals surface area (Å²) in [5.41, 5.74) is 4.28. The van der Waals surface area contributed by atoms with Crippen molar-refractivity contribution in [1.29, 1.82) is 0 Å². The second-order valence-electron chi connectivity index (χ2n) is 6.17. The van der Waals surface area contributed by atoms with E-state index in [1.807, 2.05) is 18.2 Å². The van der Waals surface area contributed by atoms with Crippen molar-refractivity contribution in [3.05, 3.63) is 53.2 Å². The van der Waals surface area contributed by atoms with Gasteiger partial charge in [-0.2, -0.15) is 0 Å². The molecule has 3 heteroatoms. The van der Waals surface area contributed by atoms with Gasteiger partial charge in [-0.1, -0.05) is 38.1 Å². The molecule has 0 amide bonds. The number of anilines is 1. The summed E-state index contributed by atoms with van der Waals surface area (Å²) in [5, 5.41) is 20.9. The second-order valence-corrected chi connectivity index (χ2v) is 6.17. The lowest BCUT2D eigenvalue weighted by Gasteiger charge is -2.24. The highest BCUT2D eigenvalue weighted by atomic mass is 16.5. The summed E-state index contributed by atoms with van der Waals surface area (Å²) in [4.78, 5) is 2.24. The van der Waals surface area contributed by atoms with Crippen molar-refractivity contribution in [2.24, 2.45) is 0 Å². The highest BCUT2D eigenvalue weighted by molar-refractivity contribution is 5.95. The molecule has 0 radical (unpaired) electrons. The molecule has 0 saturated carbocycles. The SMILES string of the molecule is CC=C1N(C)c2ccc3cc(C(O)O)ccc3c2C1(C)C. The molecule has 1 aliphatic rings. The number of likely N-dealkylation sites (N-methyl/N-ethyl adjacent to an activating group) is 1. The van der Waals surface area contributed by atoms with Crippen LogP contribution < -0.4 is 4.90 Å². The smallest absolute Gasteiger partial charge is 0.178 e. The molecule has 1 aliphatic heterocycles. The van der Waals surface area contributed by atoms with Gasteiger partial charge in [0.25, 0.3) is 0 Å². The van der Waals surface area contributed by atoms with Crippen molar-refractivity contribution in [1.82, 2.24) is 0 Å². The van der Waals surface area contributed by atoms with E-state index in [1.54, 1.807) is 6.07 Å². The van der Waals surface area contributed by atoms with Gasteiger partial charge in [0.15, 0.2) is 6.29 Å². The fourth-order valence-corrected chi connectivity index (χ4v) is 3.67. The largest absolute Gasteiger partial charge is 0.364 e. The van der Waals surface area contributed by atoms with E-state index in [2.05, 4.69) is 44.9 Å². The molecule has 0 aromatic heterocycles. The minimum atomic E-state index is -1.43.